The summed E-state index contributed by atoms with van der Waals surface area (Å²) in [5.41, 5.74) is 5.61. The summed E-state index contributed by atoms with van der Waals surface area (Å²) < 4.78 is 0. The van der Waals surface area contributed by atoms with Crippen LogP contribution in [0.5, 0.6) is 0 Å². The first-order valence-electron chi connectivity index (χ1n) is 5.73. The molecule has 88 valence electrons. The molecule has 0 aromatic carbocycles. The molecule has 1 saturated heterocycles. The lowest BCUT2D eigenvalue weighted by molar-refractivity contribution is -0.139. The predicted molar refractivity (Wildman–Crippen MR) is 59.2 cm³/mol. The van der Waals surface area contributed by atoms with Gasteiger partial charge in [-0.3, -0.25) is 4.79 Å². The standard InChI is InChI=1S/C11H22N2O2/c1-8(2)10(6-12)11(15)13-5-3-4-9(14)7-13/h8-10,14H,3-7,12H2,1-2H3/t9-,10?/m0/s1. The summed E-state index contributed by atoms with van der Waals surface area (Å²) in [5, 5.41) is 9.50. The van der Waals surface area contributed by atoms with Gasteiger partial charge in [-0.25, -0.2) is 0 Å². The van der Waals surface area contributed by atoms with Gasteiger partial charge in [0, 0.05) is 19.6 Å². The molecular formula is C11H22N2O2. The average molecular weight is 214 g/mol. The van der Waals surface area contributed by atoms with E-state index in [9.17, 15) is 9.90 Å². The highest BCUT2D eigenvalue weighted by molar-refractivity contribution is 5.79. The Morgan fingerprint density at radius 1 is 1.60 bits per heavy atom. The van der Waals surface area contributed by atoms with Gasteiger partial charge in [0.2, 0.25) is 5.91 Å². The number of hydrogen-bond acceptors (Lipinski definition) is 3. The molecule has 15 heavy (non-hydrogen) atoms. The normalized spacial score (nSPS) is 24.3. The second-order valence-corrected chi connectivity index (χ2v) is 4.67. The zero-order valence-corrected chi connectivity index (χ0v) is 9.65. The molecule has 4 nitrogen and oxygen atoms in total. The van der Waals surface area contributed by atoms with Crippen molar-refractivity contribution >= 4 is 5.91 Å². The fraction of sp³-hybridized carbons (Fsp3) is 0.909. The molecule has 0 spiro atoms. The van der Waals surface area contributed by atoms with Crippen molar-refractivity contribution in [3.05, 3.63) is 0 Å². The number of hydrogen-bond donors (Lipinski definition) is 2. The van der Waals surface area contributed by atoms with Gasteiger partial charge in [0.05, 0.1) is 12.0 Å². The van der Waals surface area contributed by atoms with E-state index in [-0.39, 0.29) is 23.8 Å². The van der Waals surface area contributed by atoms with Crippen molar-refractivity contribution in [3.63, 3.8) is 0 Å². The number of nitrogens with two attached hydrogens (primary N) is 1. The fourth-order valence-corrected chi connectivity index (χ4v) is 2.05. The maximum atomic E-state index is 12.1. The Balaban J connectivity index is 2.57. The molecule has 1 aliphatic rings. The largest absolute Gasteiger partial charge is 0.391 e. The molecule has 0 bridgehead atoms. The summed E-state index contributed by atoms with van der Waals surface area (Å²) in [7, 11) is 0. The summed E-state index contributed by atoms with van der Waals surface area (Å²) in [6.45, 7) is 5.65. The zero-order chi connectivity index (χ0) is 11.4. The third-order valence-corrected chi connectivity index (χ3v) is 3.08. The molecule has 1 unspecified atom stereocenters. The van der Waals surface area contributed by atoms with Crippen LogP contribution in [0.4, 0.5) is 0 Å². The molecule has 0 saturated carbocycles. The molecule has 0 aromatic rings. The van der Waals surface area contributed by atoms with Crippen LogP contribution in [0.25, 0.3) is 0 Å². The number of β-amino-alcohol motifs (C(OH)–C–C–N with tert-alkyl or cyclic N) is 1. The van der Waals surface area contributed by atoms with Crippen molar-refractivity contribution < 1.29 is 9.90 Å². The van der Waals surface area contributed by atoms with Gasteiger partial charge in [0.1, 0.15) is 0 Å². The monoisotopic (exact) mass is 214 g/mol. The third kappa shape index (κ3) is 3.18. The summed E-state index contributed by atoms with van der Waals surface area (Å²) in [6, 6.07) is 0. The number of rotatable bonds is 3. The van der Waals surface area contributed by atoms with Crippen LogP contribution in [-0.4, -0.2) is 41.7 Å². The van der Waals surface area contributed by atoms with E-state index in [0.717, 1.165) is 19.4 Å². The Kier molecular flexibility index (Phi) is 4.54. The lowest BCUT2D eigenvalue weighted by atomic mass is 9.93. The Morgan fingerprint density at radius 3 is 2.73 bits per heavy atom. The van der Waals surface area contributed by atoms with Crippen molar-refractivity contribution in [3.8, 4) is 0 Å². The van der Waals surface area contributed by atoms with Crippen LogP contribution < -0.4 is 5.73 Å². The smallest absolute Gasteiger partial charge is 0.227 e. The zero-order valence-electron chi connectivity index (χ0n) is 9.65. The Morgan fingerprint density at radius 2 is 2.27 bits per heavy atom. The highest BCUT2D eigenvalue weighted by Gasteiger charge is 2.28. The summed E-state index contributed by atoms with van der Waals surface area (Å²) in [6.07, 6.45) is 1.34. The van der Waals surface area contributed by atoms with Gasteiger partial charge in [-0.05, 0) is 18.8 Å². The molecule has 1 heterocycles. The first-order valence-corrected chi connectivity index (χ1v) is 5.73. The number of amides is 1. The van der Waals surface area contributed by atoms with E-state index in [4.69, 9.17) is 5.73 Å². The number of likely N-dealkylation sites (tertiary alicyclic amines) is 1. The minimum atomic E-state index is -0.353. The Bertz CT molecular complexity index is 219. The Labute approximate surface area is 91.4 Å². The van der Waals surface area contributed by atoms with Crippen LogP contribution in [0.15, 0.2) is 0 Å². The van der Waals surface area contributed by atoms with Crippen molar-refractivity contribution in [1.29, 1.82) is 0 Å². The lowest BCUT2D eigenvalue weighted by Gasteiger charge is -2.33. The first kappa shape index (κ1) is 12.5. The summed E-state index contributed by atoms with van der Waals surface area (Å²) in [4.78, 5) is 13.8. The molecule has 1 fully saturated rings. The number of carbonyl (C=O) groups excluding carboxylic acids is 1. The van der Waals surface area contributed by atoms with E-state index < -0.39 is 0 Å². The molecule has 1 amide bonds. The number of carbonyl (C=O) groups is 1. The summed E-state index contributed by atoms with van der Waals surface area (Å²) in [5.74, 6) is 0.267. The number of piperidine rings is 1. The minimum absolute atomic E-state index is 0.102. The van der Waals surface area contributed by atoms with E-state index in [1.807, 2.05) is 13.8 Å². The van der Waals surface area contributed by atoms with Crippen LogP contribution in [0.2, 0.25) is 0 Å². The molecule has 1 aliphatic heterocycles. The topological polar surface area (TPSA) is 66.6 Å². The predicted octanol–water partition coefficient (Wildman–Crippen LogP) is 0.201. The number of aliphatic hydroxyl groups excluding tert-OH is 1. The van der Waals surface area contributed by atoms with Crippen molar-refractivity contribution in [1.82, 2.24) is 4.90 Å². The van der Waals surface area contributed by atoms with Gasteiger partial charge < -0.3 is 15.7 Å². The lowest BCUT2D eigenvalue weighted by Crippen LogP contribution is -2.47. The average Bonchev–Trinajstić information content (AvgIpc) is 2.18. The van der Waals surface area contributed by atoms with Crippen molar-refractivity contribution in [2.45, 2.75) is 32.8 Å². The molecule has 0 radical (unpaired) electrons. The van der Waals surface area contributed by atoms with Gasteiger partial charge in [0.15, 0.2) is 0 Å². The van der Waals surface area contributed by atoms with E-state index in [0.29, 0.717) is 13.1 Å². The molecule has 4 heteroatoms. The maximum absolute atomic E-state index is 12.1. The van der Waals surface area contributed by atoms with E-state index in [1.54, 1.807) is 4.90 Å². The highest BCUT2D eigenvalue weighted by Crippen LogP contribution is 2.17. The maximum Gasteiger partial charge on any atom is 0.227 e. The molecule has 2 atom stereocenters. The van der Waals surface area contributed by atoms with Crippen molar-refractivity contribution in [2.75, 3.05) is 19.6 Å². The molecule has 0 aliphatic carbocycles. The molecule has 3 N–H and O–H groups in total. The van der Waals surface area contributed by atoms with Crippen LogP contribution in [-0.2, 0) is 4.79 Å². The second kappa shape index (κ2) is 5.47. The van der Waals surface area contributed by atoms with E-state index >= 15 is 0 Å². The van der Waals surface area contributed by atoms with E-state index in [2.05, 4.69) is 0 Å². The highest BCUT2D eigenvalue weighted by atomic mass is 16.3. The first-order chi connectivity index (χ1) is 7.06. The Hall–Kier alpha value is -0.610. The van der Waals surface area contributed by atoms with Crippen LogP contribution in [0.1, 0.15) is 26.7 Å². The van der Waals surface area contributed by atoms with Gasteiger partial charge in [-0.2, -0.15) is 0 Å². The van der Waals surface area contributed by atoms with Crippen LogP contribution in [0.3, 0.4) is 0 Å². The van der Waals surface area contributed by atoms with E-state index in [1.165, 1.54) is 0 Å². The van der Waals surface area contributed by atoms with Crippen molar-refractivity contribution in [2.24, 2.45) is 17.6 Å². The summed E-state index contributed by atoms with van der Waals surface area (Å²) >= 11 is 0. The number of nitrogens with zero attached hydrogens (tertiary/aromatic N) is 1. The van der Waals surface area contributed by atoms with Crippen LogP contribution >= 0.6 is 0 Å². The minimum Gasteiger partial charge on any atom is -0.391 e. The van der Waals surface area contributed by atoms with Gasteiger partial charge >= 0.3 is 0 Å². The van der Waals surface area contributed by atoms with Gasteiger partial charge in [-0.1, -0.05) is 13.8 Å². The van der Waals surface area contributed by atoms with Gasteiger partial charge in [0.25, 0.3) is 0 Å². The quantitative estimate of drug-likeness (QED) is 0.705. The fourth-order valence-electron chi connectivity index (χ4n) is 2.05. The molecular weight excluding hydrogens is 192 g/mol. The molecule has 0 aromatic heterocycles. The SMILES string of the molecule is CC(C)C(CN)C(=O)N1CCC[C@H](O)C1. The molecule has 1 rings (SSSR count). The number of aliphatic hydroxyl groups is 1. The van der Waals surface area contributed by atoms with Gasteiger partial charge in [-0.15, -0.1) is 0 Å². The third-order valence-electron chi connectivity index (χ3n) is 3.08. The second-order valence-electron chi connectivity index (χ2n) is 4.67. The van der Waals surface area contributed by atoms with Crippen LogP contribution in [0, 0.1) is 11.8 Å².